The van der Waals surface area contributed by atoms with E-state index in [0.29, 0.717) is 30.1 Å². The van der Waals surface area contributed by atoms with Crippen LogP contribution in [0.15, 0.2) is 18.2 Å². The van der Waals surface area contributed by atoms with Crippen LogP contribution in [0.2, 0.25) is 0 Å². The maximum Gasteiger partial charge on any atom is 0.253 e. The fraction of sp³-hybridized carbons (Fsp3) is 0.462. The zero-order valence-corrected chi connectivity index (χ0v) is 11.2. The van der Waals surface area contributed by atoms with E-state index in [9.17, 15) is 9.18 Å². The molecule has 0 bridgehead atoms. The molecule has 1 aromatic carbocycles. The molecule has 2 N–H and O–H groups in total. The van der Waals surface area contributed by atoms with Gasteiger partial charge in [-0.05, 0) is 49.6 Å². The molecule has 18 heavy (non-hydrogen) atoms. The Balaban J connectivity index is 0.00000162. The quantitative estimate of drug-likeness (QED) is 0.895. The van der Waals surface area contributed by atoms with Crippen molar-refractivity contribution in [3.8, 4) is 0 Å². The summed E-state index contributed by atoms with van der Waals surface area (Å²) in [4.78, 5) is 13.9. The summed E-state index contributed by atoms with van der Waals surface area (Å²) < 4.78 is 13.1. The second kappa shape index (κ2) is 6.16. The van der Waals surface area contributed by atoms with E-state index in [1.165, 1.54) is 6.07 Å². The molecular weight excluding hydrogens is 255 g/mol. The average Bonchev–Trinajstić information content (AvgIpc) is 2.80. The summed E-state index contributed by atoms with van der Waals surface area (Å²) in [6.45, 7) is 3.74. The van der Waals surface area contributed by atoms with Crippen molar-refractivity contribution in [2.75, 3.05) is 19.6 Å². The Morgan fingerprint density at radius 3 is 2.83 bits per heavy atom. The first kappa shape index (κ1) is 14.9. The van der Waals surface area contributed by atoms with Crippen molar-refractivity contribution in [1.29, 1.82) is 0 Å². The highest BCUT2D eigenvalue weighted by Crippen LogP contribution is 2.18. The first-order valence-electron chi connectivity index (χ1n) is 5.87. The minimum Gasteiger partial charge on any atom is -0.338 e. The Hall–Kier alpha value is -1.13. The minimum absolute atomic E-state index is 0. The second-order valence-electron chi connectivity index (χ2n) is 4.61. The number of nitrogens with two attached hydrogens (primary N) is 1. The number of rotatable bonds is 2. The van der Waals surface area contributed by atoms with Gasteiger partial charge >= 0.3 is 0 Å². The van der Waals surface area contributed by atoms with Gasteiger partial charge in [-0.2, -0.15) is 0 Å². The zero-order valence-electron chi connectivity index (χ0n) is 10.4. The highest BCUT2D eigenvalue weighted by molar-refractivity contribution is 5.94. The van der Waals surface area contributed by atoms with E-state index in [1.54, 1.807) is 24.0 Å². The Morgan fingerprint density at radius 2 is 2.28 bits per heavy atom. The van der Waals surface area contributed by atoms with Crippen molar-refractivity contribution in [1.82, 2.24) is 4.90 Å². The Kier molecular flexibility index (Phi) is 5.11. The van der Waals surface area contributed by atoms with Gasteiger partial charge in [0.25, 0.3) is 5.91 Å². The van der Waals surface area contributed by atoms with Crippen LogP contribution in [0.25, 0.3) is 0 Å². The number of halogens is 2. The Bertz CT molecular complexity index is 439. The lowest BCUT2D eigenvalue weighted by atomic mass is 10.1. The maximum atomic E-state index is 13.1. The van der Waals surface area contributed by atoms with Gasteiger partial charge in [-0.25, -0.2) is 4.39 Å². The molecule has 0 radical (unpaired) electrons. The summed E-state index contributed by atoms with van der Waals surface area (Å²) >= 11 is 0. The molecule has 1 amide bonds. The van der Waals surface area contributed by atoms with Crippen LogP contribution in [-0.2, 0) is 0 Å². The number of likely N-dealkylation sites (tertiary alicyclic amines) is 1. The standard InChI is InChI=1S/C13H17FN2O.ClH/c1-9-6-11(2-3-12(9)14)13(17)16-5-4-10(7-15)8-16;/h2-3,6,10H,4-5,7-8,15H2,1H3;1H. The monoisotopic (exact) mass is 272 g/mol. The molecule has 1 aromatic rings. The van der Waals surface area contributed by atoms with Crippen LogP contribution in [0.5, 0.6) is 0 Å². The molecule has 1 aliphatic heterocycles. The molecule has 1 aliphatic rings. The SMILES string of the molecule is Cc1cc(C(=O)N2CCC(CN)C2)ccc1F.Cl. The number of aryl methyl sites for hydroxylation is 1. The smallest absolute Gasteiger partial charge is 0.253 e. The minimum atomic E-state index is -0.275. The van der Waals surface area contributed by atoms with Gasteiger partial charge < -0.3 is 10.6 Å². The molecular formula is C13H18ClFN2O. The first-order valence-corrected chi connectivity index (χ1v) is 5.87. The number of carbonyl (C=O) groups is 1. The number of benzene rings is 1. The van der Waals surface area contributed by atoms with Gasteiger partial charge in [-0.1, -0.05) is 0 Å². The molecule has 0 aliphatic carbocycles. The van der Waals surface area contributed by atoms with Crippen molar-refractivity contribution in [2.45, 2.75) is 13.3 Å². The van der Waals surface area contributed by atoms with Gasteiger partial charge in [-0.15, -0.1) is 12.4 Å². The van der Waals surface area contributed by atoms with Crippen LogP contribution in [-0.4, -0.2) is 30.4 Å². The molecule has 1 saturated heterocycles. The third-order valence-electron chi connectivity index (χ3n) is 3.31. The number of carbonyl (C=O) groups excluding carboxylic acids is 1. The summed E-state index contributed by atoms with van der Waals surface area (Å²) in [5.74, 6) is 0.104. The van der Waals surface area contributed by atoms with E-state index in [1.807, 2.05) is 0 Å². The van der Waals surface area contributed by atoms with Crippen molar-refractivity contribution in [3.63, 3.8) is 0 Å². The van der Waals surface area contributed by atoms with E-state index in [-0.39, 0.29) is 24.1 Å². The fourth-order valence-electron chi connectivity index (χ4n) is 2.17. The second-order valence-corrected chi connectivity index (χ2v) is 4.61. The predicted molar refractivity (Wildman–Crippen MR) is 71.4 cm³/mol. The van der Waals surface area contributed by atoms with Crippen molar-refractivity contribution in [3.05, 3.63) is 35.1 Å². The number of nitrogens with zero attached hydrogens (tertiary/aromatic N) is 1. The molecule has 5 heteroatoms. The largest absolute Gasteiger partial charge is 0.338 e. The maximum absolute atomic E-state index is 13.1. The molecule has 1 fully saturated rings. The Labute approximate surface area is 113 Å². The molecule has 2 rings (SSSR count). The summed E-state index contributed by atoms with van der Waals surface area (Å²) in [5, 5.41) is 0. The van der Waals surface area contributed by atoms with Crippen LogP contribution in [0.1, 0.15) is 22.3 Å². The zero-order chi connectivity index (χ0) is 12.4. The summed E-state index contributed by atoms with van der Waals surface area (Å²) in [5.41, 5.74) is 6.65. The lowest BCUT2D eigenvalue weighted by Crippen LogP contribution is -2.29. The summed E-state index contributed by atoms with van der Waals surface area (Å²) in [6, 6.07) is 4.49. The normalized spacial score (nSPS) is 18.6. The van der Waals surface area contributed by atoms with Crippen LogP contribution in [0, 0.1) is 18.7 Å². The van der Waals surface area contributed by atoms with E-state index in [2.05, 4.69) is 0 Å². The van der Waals surface area contributed by atoms with Crippen LogP contribution in [0.4, 0.5) is 4.39 Å². The number of hydrogen-bond acceptors (Lipinski definition) is 2. The van der Waals surface area contributed by atoms with Gasteiger partial charge in [0.2, 0.25) is 0 Å². The van der Waals surface area contributed by atoms with E-state index >= 15 is 0 Å². The molecule has 1 atom stereocenters. The van der Waals surface area contributed by atoms with Gasteiger partial charge in [-0.3, -0.25) is 4.79 Å². The van der Waals surface area contributed by atoms with Gasteiger partial charge in [0, 0.05) is 18.7 Å². The molecule has 0 spiro atoms. The van der Waals surface area contributed by atoms with Gasteiger partial charge in [0.15, 0.2) is 0 Å². The molecule has 1 heterocycles. The lowest BCUT2D eigenvalue weighted by Gasteiger charge is -2.16. The van der Waals surface area contributed by atoms with Gasteiger partial charge in [0.1, 0.15) is 5.82 Å². The average molecular weight is 273 g/mol. The van der Waals surface area contributed by atoms with Crippen LogP contribution >= 0.6 is 12.4 Å². The predicted octanol–water partition coefficient (Wildman–Crippen LogP) is 1.98. The van der Waals surface area contributed by atoms with Gasteiger partial charge in [0.05, 0.1) is 0 Å². The summed E-state index contributed by atoms with van der Waals surface area (Å²) in [7, 11) is 0. The van der Waals surface area contributed by atoms with E-state index in [4.69, 9.17) is 5.73 Å². The fourth-order valence-corrected chi connectivity index (χ4v) is 2.17. The highest BCUT2D eigenvalue weighted by Gasteiger charge is 2.26. The third kappa shape index (κ3) is 3.00. The first-order chi connectivity index (χ1) is 8.11. The molecule has 1 unspecified atom stereocenters. The molecule has 0 saturated carbocycles. The van der Waals surface area contributed by atoms with Crippen molar-refractivity contribution < 1.29 is 9.18 Å². The third-order valence-corrected chi connectivity index (χ3v) is 3.31. The summed E-state index contributed by atoms with van der Waals surface area (Å²) in [6.07, 6.45) is 0.961. The lowest BCUT2D eigenvalue weighted by molar-refractivity contribution is 0.0787. The Morgan fingerprint density at radius 1 is 1.56 bits per heavy atom. The van der Waals surface area contributed by atoms with Crippen molar-refractivity contribution in [2.24, 2.45) is 11.7 Å². The molecule has 3 nitrogen and oxygen atoms in total. The number of amides is 1. The molecule has 0 aromatic heterocycles. The molecule has 100 valence electrons. The van der Waals surface area contributed by atoms with E-state index in [0.717, 1.165) is 13.0 Å². The highest BCUT2D eigenvalue weighted by atomic mass is 35.5. The van der Waals surface area contributed by atoms with E-state index < -0.39 is 0 Å². The topological polar surface area (TPSA) is 46.3 Å². The van der Waals surface area contributed by atoms with Crippen molar-refractivity contribution >= 4 is 18.3 Å². The van der Waals surface area contributed by atoms with Crippen LogP contribution < -0.4 is 5.73 Å². The number of hydrogen-bond donors (Lipinski definition) is 1. The van der Waals surface area contributed by atoms with Crippen LogP contribution in [0.3, 0.4) is 0 Å².